The van der Waals surface area contributed by atoms with Crippen LogP contribution < -0.4 is 16.0 Å². The van der Waals surface area contributed by atoms with E-state index >= 15 is 0 Å². The summed E-state index contributed by atoms with van der Waals surface area (Å²) in [4.78, 5) is 17.9. The molecule has 1 aromatic carbocycles. The zero-order valence-electron chi connectivity index (χ0n) is 14.4. The van der Waals surface area contributed by atoms with Gasteiger partial charge in [-0.15, -0.1) is 11.3 Å². The zero-order chi connectivity index (χ0) is 18.1. The molecule has 0 unspecified atom stereocenters. The first-order valence-corrected chi connectivity index (χ1v) is 9.86. The summed E-state index contributed by atoms with van der Waals surface area (Å²) in [5.41, 5.74) is 1.87. The first-order valence-electron chi connectivity index (χ1n) is 8.19. The quantitative estimate of drug-likeness (QED) is 0.468. The average molecular weight is 423 g/mol. The van der Waals surface area contributed by atoms with Crippen molar-refractivity contribution in [3.8, 4) is 0 Å². The summed E-state index contributed by atoms with van der Waals surface area (Å²) in [6.07, 6.45) is 0.370. The molecule has 0 saturated heterocycles. The molecular weight excluding hydrogens is 400 g/mol. The van der Waals surface area contributed by atoms with Crippen LogP contribution in [0, 0.1) is 6.92 Å². The van der Waals surface area contributed by atoms with Gasteiger partial charge in [0, 0.05) is 34.5 Å². The number of halogens is 1. The summed E-state index contributed by atoms with van der Waals surface area (Å²) >= 11 is 5.11. The number of amides is 1. The van der Waals surface area contributed by atoms with E-state index in [-0.39, 0.29) is 5.91 Å². The number of rotatable bonds is 7. The van der Waals surface area contributed by atoms with Gasteiger partial charge in [-0.25, -0.2) is 4.99 Å². The van der Waals surface area contributed by atoms with Gasteiger partial charge in [0.15, 0.2) is 5.96 Å². The lowest BCUT2D eigenvalue weighted by molar-refractivity contribution is -0.116. The molecule has 25 heavy (non-hydrogen) atoms. The number of benzene rings is 1. The van der Waals surface area contributed by atoms with Crippen LogP contribution in [0.2, 0.25) is 0 Å². The molecule has 0 bridgehead atoms. The fourth-order valence-corrected chi connectivity index (χ4v) is 3.13. The first kappa shape index (κ1) is 19.5. The number of carbonyl (C=O) groups is 1. The predicted octanol–water partition coefficient (Wildman–Crippen LogP) is 3.90. The van der Waals surface area contributed by atoms with Crippen LogP contribution >= 0.6 is 27.3 Å². The Bertz CT molecular complexity index is 716. The van der Waals surface area contributed by atoms with E-state index in [9.17, 15) is 4.79 Å². The number of hydrogen-bond donors (Lipinski definition) is 3. The topological polar surface area (TPSA) is 65.5 Å². The molecule has 134 valence electrons. The largest absolute Gasteiger partial charge is 0.357 e. The lowest BCUT2D eigenvalue weighted by atomic mass is 10.2. The number of aliphatic imine (C=N–C) groups is 1. The van der Waals surface area contributed by atoms with E-state index in [0.717, 1.165) is 28.2 Å². The number of hydrogen-bond acceptors (Lipinski definition) is 3. The lowest BCUT2D eigenvalue weighted by Crippen LogP contribution is -2.38. The van der Waals surface area contributed by atoms with E-state index in [1.165, 1.54) is 4.88 Å². The predicted molar refractivity (Wildman–Crippen MR) is 109 cm³/mol. The van der Waals surface area contributed by atoms with Crippen molar-refractivity contribution < 1.29 is 4.79 Å². The maximum absolute atomic E-state index is 12.1. The standard InChI is InChI=1S/C18H23BrN4OS/c1-3-20-18(22-12-15-5-4-10-25-15)21-9-8-17(24)23-16-11-14(19)7-6-13(16)2/h4-7,10-11H,3,8-9,12H2,1-2H3,(H,23,24)(H2,20,21,22). The van der Waals surface area contributed by atoms with Gasteiger partial charge in [-0.2, -0.15) is 0 Å². The van der Waals surface area contributed by atoms with Crippen molar-refractivity contribution in [3.63, 3.8) is 0 Å². The highest BCUT2D eigenvalue weighted by Crippen LogP contribution is 2.20. The Morgan fingerprint density at radius 2 is 2.12 bits per heavy atom. The van der Waals surface area contributed by atoms with Crippen LogP contribution in [0.25, 0.3) is 0 Å². The SMILES string of the molecule is CCNC(=NCc1cccs1)NCCC(=O)Nc1cc(Br)ccc1C. The third kappa shape index (κ3) is 6.88. The van der Waals surface area contributed by atoms with Gasteiger partial charge < -0.3 is 16.0 Å². The van der Waals surface area contributed by atoms with Crippen molar-refractivity contribution in [3.05, 3.63) is 50.6 Å². The molecule has 0 fully saturated rings. The summed E-state index contributed by atoms with van der Waals surface area (Å²) in [6, 6.07) is 9.92. The maximum Gasteiger partial charge on any atom is 0.226 e. The molecule has 0 aliphatic heterocycles. The molecule has 2 rings (SSSR count). The van der Waals surface area contributed by atoms with E-state index in [1.54, 1.807) is 11.3 Å². The number of carbonyl (C=O) groups excluding carboxylic acids is 1. The van der Waals surface area contributed by atoms with Crippen molar-refractivity contribution in [2.75, 3.05) is 18.4 Å². The Labute approximate surface area is 161 Å². The molecule has 1 aromatic heterocycles. The second-order valence-corrected chi connectivity index (χ2v) is 7.41. The minimum atomic E-state index is -0.0252. The number of anilines is 1. The summed E-state index contributed by atoms with van der Waals surface area (Å²) in [5, 5.41) is 11.4. The third-order valence-electron chi connectivity index (χ3n) is 3.44. The van der Waals surface area contributed by atoms with E-state index in [0.29, 0.717) is 19.5 Å². The fraction of sp³-hybridized carbons (Fsp3) is 0.333. The van der Waals surface area contributed by atoms with Gasteiger partial charge in [0.2, 0.25) is 5.91 Å². The minimum Gasteiger partial charge on any atom is -0.357 e. The molecule has 7 heteroatoms. The number of guanidine groups is 1. The van der Waals surface area contributed by atoms with Crippen molar-refractivity contribution in [1.82, 2.24) is 10.6 Å². The molecule has 0 saturated carbocycles. The number of aryl methyl sites for hydroxylation is 1. The van der Waals surface area contributed by atoms with Crippen LogP contribution in [0.4, 0.5) is 5.69 Å². The van der Waals surface area contributed by atoms with Gasteiger partial charge in [0.1, 0.15) is 0 Å². The van der Waals surface area contributed by atoms with E-state index in [4.69, 9.17) is 0 Å². The van der Waals surface area contributed by atoms with Crippen LogP contribution in [-0.2, 0) is 11.3 Å². The highest BCUT2D eigenvalue weighted by atomic mass is 79.9. The molecule has 0 atom stereocenters. The van der Waals surface area contributed by atoms with Crippen LogP contribution in [0.15, 0.2) is 45.2 Å². The molecular formula is C18H23BrN4OS. The minimum absolute atomic E-state index is 0.0252. The molecule has 2 aromatic rings. The number of thiophene rings is 1. The summed E-state index contributed by atoms with van der Waals surface area (Å²) < 4.78 is 0.946. The molecule has 0 radical (unpaired) electrons. The lowest BCUT2D eigenvalue weighted by Gasteiger charge is -2.12. The van der Waals surface area contributed by atoms with Crippen LogP contribution in [0.5, 0.6) is 0 Å². The van der Waals surface area contributed by atoms with Gasteiger partial charge >= 0.3 is 0 Å². The number of nitrogens with zero attached hydrogens (tertiary/aromatic N) is 1. The maximum atomic E-state index is 12.1. The van der Waals surface area contributed by atoms with Crippen molar-refractivity contribution in [2.24, 2.45) is 4.99 Å². The van der Waals surface area contributed by atoms with Crippen molar-refractivity contribution in [2.45, 2.75) is 26.8 Å². The zero-order valence-corrected chi connectivity index (χ0v) is 16.8. The molecule has 1 amide bonds. The number of nitrogens with one attached hydrogen (secondary N) is 3. The Morgan fingerprint density at radius 1 is 1.28 bits per heavy atom. The Morgan fingerprint density at radius 3 is 2.84 bits per heavy atom. The van der Waals surface area contributed by atoms with Gasteiger partial charge in [-0.05, 0) is 43.0 Å². The van der Waals surface area contributed by atoms with E-state index in [2.05, 4.69) is 42.9 Å². The Balaban J connectivity index is 1.81. The Kier molecular flexibility index (Phi) is 7.94. The van der Waals surface area contributed by atoms with Gasteiger partial charge in [-0.1, -0.05) is 28.1 Å². The van der Waals surface area contributed by atoms with Crippen LogP contribution in [0.1, 0.15) is 23.8 Å². The summed E-state index contributed by atoms with van der Waals surface area (Å²) in [5.74, 6) is 0.699. The Hall–Kier alpha value is -1.86. The first-order chi connectivity index (χ1) is 12.1. The molecule has 0 aliphatic carbocycles. The second kappa shape index (κ2) is 10.2. The molecule has 0 spiro atoms. The smallest absolute Gasteiger partial charge is 0.226 e. The second-order valence-electron chi connectivity index (χ2n) is 5.46. The highest BCUT2D eigenvalue weighted by Gasteiger charge is 2.06. The fourth-order valence-electron chi connectivity index (χ4n) is 2.14. The normalized spacial score (nSPS) is 11.2. The molecule has 5 nitrogen and oxygen atoms in total. The van der Waals surface area contributed by atoms with Crippen LogP contribution in [-0.4, -0.2) is 25.0 Å². The molecule has 3 N–H and O–H groups in total. The average Bonchev–Trinajstić information content (AvgIpc) is 3.09. The van der Waals surface area contributed by atoms with E-state index in [1.807, 2.05) is 43.5 Å². The summed E-state index contributed by atoms with van der Waals surface area (Å²) in [7, 11) is 0. The van der Waals surface area contributed by atoms with Crippen molar-refractivity contribution in [1.29, 1.82) is 0 Å². The van der Waals surface area contributed by atoms with Crippen LogP contribution in [0.3, 0.4) is 0 Å². The molecule has 1 heterocycles. The summed E-state index contributed by atoms with van der Waals surface area (Å²) in [6.45, 7) is 5.93. The van der Waals surface area contributed by atoms with Gasteiger partial charge in [-0.3, -0.25) is 4.79 Å². The van der Waals surface area contributed by atoms with E-state index < -0.39 is 0 Å². The monoisotopic (exact) mass is 422 g/mol. The highest BCUT2D eigenvalue weighted by molar-refractivity contribution is 9.10. The molecule has 0 aliphatic rings. The van der Waals surface area contributed by atoms with Crippen molar-refractivity contribution >= 4 is 44.8 Å². The van der Waals surface area contributed by atoms with Gasteiger partial charge in [0.25, 0.3) is 0 Å². The third-order valence-corrected chi connectivity index (χ3v) is 4.79. The van der Waals surface area contributed by atoms with Gasteiger partial charge in [0.05, 0.1) is 6.54 Å².